The molecular formula is C18H26N2O3. The molecule has 23 heavy (non-hydrogen) atoms. The Bertz CT molecular complexity index is 504. The lowest BCUT2D eigenvalue weighted by Crippen LogP contribution is -2.51. The minimum Gasteiger partial charge on any atom is -0.395 e. The molecule has 5 heteroatoms. The monoisotopic (exact) mass is 318 g/mol. The number of aliphatic hydroxyl groups is 2. The van der Waals surface area contributed by atoms with Gasteiger partial charge < -0.3 is 20.4 Å². The van der Waals surface area contributed by atoms with Crippen LogP contribution in [-0.2, 0) is 0 Å². The lowest BCUT2D eigenvalue weighted by molar-refractivity contribution is 0.0894. The molecule has 1 aliphatic rings. The highest BCUT2D eigenvalue weighted by Crippen LogP contribution is 2.18. The Morgan fingerprint density at radius 2 is 2.00 bits per heavy atom. The summed E-state index contributed by atoms with van der Waals surface area (Å²) in [6.07, 6.45) is 6.96. The molecule has 0 aromatic heterocycles. The molecule has 0 aliphatic heterocycles. The van der Waals surface area contributed by atoms with E-state index in [0.29, 0.717) is 6.54 Å². The predicted octanol–water partition coefficient (Wildman–Crippen LogP) is 2.01. The van der Waals surface area contributed by atoms with Crippen LogP contribution in [0.5, 0.6) is 0 Å². The van der Waals surface area contributed by atoms with Gasteiger partial charge >= 0.3 is 6.03 Å². The molecule has 2 atom stereocenters. The number of rotatable bonds is 6. The third-order valence-corrected chi connectivity index (χ3v) is 4.13. The Hall–Kier alpha value is -1.85. The van der Waals surface area contributed by atoms with Gasteiger partial charge in [-0.2, -0.15) is 0 Å². The van der Waals surface area contributed by atoms with Crippen molar-refractivity contribution < 1.29 is 15.0 Å². The number of urea groups is 1. The maximum atomic E-state index is 12.3. The lowest BCUT2D eigenvalue weighted by atomic mass is 9.93. The normalized spacial score (nSPS) is 21.3. The topological polar surface area (TPSA) is 72.8 Å². The summed E-state index contributed by atoms with van der Waals surface area (Å²) >= 11 is 0. The molecule has 3 N–H and O–H groups in total. The van der Waals surface area contributed by atoms with E-state index in [2.05, 4.69) is 5.32 Å². The first-order valence-electron chi connectivity index (χ1n) is 8.26. The largest absolute Gasteiger partial charge is 0.395 e. The van der Waals surface area contributed by atoms with E-state index in [4.69, 9.17) is 5.11 Å². The number of aliphatic hydroxyl groups excluding tert-OH is 2. The quantitative estimate of drug-likeness (QED) is 0.751. The summed E-state index contributed by atoms with van der Waals surface area (Å²) in [6.45, 7) is 0.609. The summed E-state index contributed by atoms with van der Waals surface area (Å²) in [7, 11) is 0. The Kier molecular flexibility index (Phi) is 7.10. The summed E-state index contributed by atoms with van der Waals surface area (Å²) in [6, 6.07) is 9.44. The molecule has 126 valence electrons. The van der Waals surface area contributed by atoms with Crippen molar-refractivity contribution in [2.45, 2.75) is 37.8 Å². The second-order valence-electron chi connectivity index (χ2n) is 5.89. The fourth-order valence-electron chi connectivity index (χ4n) is 2.81. The van der Waals surface area contributed by atoms with Crippen LogP contribution in [0.25, 0.3) is 6.08 Å². The maximum Gasteiger partial charge on any atom is 0.318 e. The molecule has 5 nitrogen and oxygen atoms in total. The van der Waals surface area contributed by atoms with Crippen molar-refractivity contribution in [3.63, 3.8) is 0 Å². The van der Waals surface area contributed by atoms with Gasteiger partial charge in [-0.05, 0) is 18.4 Å². The van der Waals surface area contributed by atoms with Crippen molar-refractivity contribution in [2.24, 2.45) is 0 Å². The van der Waals surface area contributed by atoms with E-state index in [1.807, 2.05) is 42.5 Å². The van der Waals surface area contributed by atoms with Crippen LogP contribution in [0.15, 0.2) is 36.4 Å². The first-order chi connectivity index (χ1) is 11.2. The van der Waals surface area contributed by atoms with Gasteiger partial charge in [0.2, 0.25) is 0 Å². The zero-order valence-corrected chi connectivity index (χ0v) is 13.4. The average Bonchev–Trinajstić information content (AvgIpc) is 2.57. The van der Waals surface area contributed by atoms with E-state index in [1.54, 1.807) is 4.90 Å². The van der Waals surface area contributed by atoms with Gasteiger partial charge in [-0.3, -0.25) is 0 Å². The molecule has 0 saturated heterocycles. The van der Waals surface area contributed by atoms with Gasteiger partial charge in [-0.15, -0.1) is 0 Å². The number of nitrogens with one attached hydrogen (secondary N) is 1. The third-order valence-electron chi connectivity index (χ3n) is 4.13. The van der Waals surface area contributed by atoms with Gasteiger partial charge in [-0.25, -0.2) is 4.79 Å². The van der Waals surface area contributed by atoms with Gasteiger partial charge in [-0.1, -0.05) is 55.3 Å². The van der Waals surface area contributed by atoms with Crippen molar-refractivity contribution in [3.05, 3.63) is 42.0 Å². The van der Waals surface area contributed by atoms with Crippen molar-refractivity contribution in [1.82, 2.24) is 10.2 Å². The average molecular weight is 318 g/mol. The van der Waals surface area contributed by atoms with Crippen LogP contribution in [-0.4, -0.2) is 53.0 Å². The molecule has 1 aliphatic carbocycles. The highest BCUT2D eigenvalue weighted by Gasteiger charge is 2.25. The fourth-order valence-corrected chi connectivity index (χ4v) is 2.81. The van der Waals surface area contributed by atoms with Crippen molar-refractivity contribution in [3.8, 4) is 0 Å². The number of carbonyl (C=O) groups excluding carboxylic acids is 1. The van der Waals surface area contributed by atoms with Gasteiger partial charge in [0.05, 0.1) is 18.8 Å². The highest BCUT2D eigenvalue weighted by atomic mass is 16.3. The number of hydrogen-bond acceptors (Lipinski definition) is 3. The van der Waals surface area contributed by atoms with Crippen molar-refractivity contribution in [2.75, 3.05) is 19.7 Å². The molecule has 0 bridgehead atoms. The van der Waals surface area contributed by atoms with E-state index in [9.17, 15) is 9.90 Å². The number of benzene rings is 1. The Morgan fingerprint density at radius 1 is 1.26 bits per heavy atom. The molecule has 0 unspecified atom stereocenters. The molecule has 0 radical (unpaired) electrons. The first kappa shape index (κ1) is 17.5. The van der Waals surface area contributed by atoms with Crippen molar-refractivity contribution >= 4 is 12.1 Å². The van der Waals surface area contributed by atoms with Gasteiger partial charge in [0.1, 0.15) is 0 Å². The minimum absolute atomic E-state index is 0.0835. The molecule has 0 heterocycles. The summed E-state index contributed by atoms with van der Waals surface area (Å²) in [5.41, 5.74) is 1.07. The minimum atomic E-state index is -0.469. The van der Waals surface area contributed by atoms with Crippen LogP contribution in [0.2, 0.25) is 0 Å². The van der Waals surface area contributed by atoms with E-state index < -0.39 is 6.10 Å². The van der Waals surface area contributed by atoms with E-state index in [1.165, 1.54) is 0 Å². The van der Waals surface area contributed by atoms with Crippen LogP contribution in [0.3, 0.4) is 0 Å². The van der Waals surface area contributed by atoms with Crippen LogP contribution in [0.4, 0.5) is 4.79 Å². The van der Waals surface area contributed by atoms with Crippen LogP contribution >= 0.6 is 0 Å². The molecule has 1 aromatic rings. The lowest BCUT2D eigenvalue weighted by Gasteiger charge is -2.31. The standard InChI is InChI=1S/C18H26N2O3/c21-14-13-20(12-6-9-15-7-2-1-3-8-15)18(23)19-16-10-4-5-11-17(16)22/h1-3,6-9,16-17,21-22H,4-5,10-14H2,(H,19,23)/b9-6+/t16-,17-/m1/s1. The highest BCUT2D eigenvalue weighted by molar-refractivity contribution is 5.75. The number of hydrogen-bond donors (Lipinski definition) is 3. The molecule has 2 rings (SSSR count). The number of amides is 2. The SMILES string of the molecule is O=C(N[C@@H]1CCCC[C@H]1O)N(C/C=C/c1ccccc1)CCO. The molecule has 1 aromatic carbocycles. The smallest absolute Gasteiger partial charge is 0.318 e. The number of nitrogens with zero attached hydrogens (tertiary/aromatic N) is 1. The van der Waals surface area contributed by atoms with Crippen molar-refractivity contribution in [1.29, 1.82) is 0 Å². The Labute approximate surface area is 137 Å². The molecule has 2 amide bonds. The zero-order chi connectivity index (χ0) is 16.5. The summed E-state index contributed by atoms with van der Waals surface area (Å²) in [4.78, 5) is 13.9. The first-order valence-corrected chi connectivity index (χ1v) is 8.26. The van der Waals surface area contributed by atoms with Gasteiger partial charge in [0, 0.05) is 13.1 Å². The van der Waals surface area contributed by atoms with E-state index in [0.717, 1.165) is 31.2 Å². The van der Waals surface area contributed by atoms with Crippen LogP contribution in [0.1, 0.15) is 31.2 Å². The second-order valence-corrected chi connectivity index (χ2v) is 5.89. The van der Waals surface area contributed by atoms with Crippen LogP contribution < -0.4 is 5.32 Å². The Balaban J connectivity index is 1.88. The summed E-state index contributed by atoms with van der Waals surface area (Å²) in [5.74, 6) is 0. The predicted molar refractivity (Wildman–Crippen MR) is 90.9 cm³/mol. The van der Waals surface area contributed by atoms with E-state index in [-0.39, 0.29) is 25.2 Å². The molecular weight excluding hydrogens is 292 g/mol. The third kappa shape index (κ3) is 5.69. The second kappa shape index (κ2) is 9.33. The molecule has 1 fully saturated rings. The maximum absolute atomic E-state index is 12.3. The fraction of sp³-hybridized carbons (Fsp3) is 0.500. The zero-order valence-electron chi connectivity index (χ0n) is 13.4. The van der Waals surface area contributed by atoms with Crippen LogP contribution in [0, 0.1) is 0 Å². The summed E-state index contributed by atoms with van der Waals surface area (Å²) in [5, 5.41) is 22.0. The Morgan fingerprint density at radius 3 is 2.70 bits per heavy atom. The molecule has 0 spiro atoms. The number of carbonyl (C=O) groups is 1. The van der Waals surface area contributed by atoms with Gasteiger partial charge in [0.25, 0.3) is 0 Å². The molecule has 1 saturated carbocycles. The van der Waals surface area contributed by atoms with Gasteiger partial charge in [0.15, 0.2) is 0 Å². The van der Waals surface area contributed by atoms with E-state index >= 15 is 0 Å². The summed E-state index contributed by atoms with van der Waals surface area (Å²) < 4.78 is 0.